The zero-order valence-corrected chi connectivity index (χ0v) is 14.1. The van der Waals surface area contributed by atoms with E-state index in [1.807, 2.05) is 24.3 Å². The summed E-state index contributed by atoms with van der Waals surface area (Å²) in [6, 6.07) is 7.24. The quantitative estimate of drug-likeness (QED) is 0.668. The Bertz CT molecular complexity index is 488. The topological polar surface area (TPSA) is 67.9 Å². The third kappa shape index (κ3) is 7.54. The highest BCUT2D eigenvalue weighted by molar-refractivity contribution is 5.83. The molecule has 0 fully saturated rings. The van der Waals surface area contributed by atoms with E-state index in [2.05, 4.69) is 12.2 Å². The van der Waals surface area contributed by atoms with Gasteiger partial charge in [0.1, 0.15) is 18.1 Å². The molecule has 0 radical (unpaired) electrons. The zero-order chi connectivity index (χ0) is 17.1. The number of benzene rings is 1. The number of carbonyl (C=O) groups excluding carboxylic acids is 2. The van der Waals surface area contributed by atoms with Gasteiger partial charge >= 0.3 is 0 Å². The molecule has 128 valence electrons. The first-order valence-corrected chi connectivity index (χ1v) is 7.86. The zero-order valence-electron chi connectivity index (χ0n) is 14.1. The minimum Gasteiger partial charge on any atom is -0.497 e. The molecule has 0 aromatic heterocycles. The van der Waals surface area contributed by atoms with E-state index in [4.69, 9.17) is 9.47 Å². The summed E-state index contributed by atoms with van der Waals surface area (Å²) in [5.41, 5.74) is 0. The Morgan fingerprint density at radius 1 is 1.17 bits per heavy atom. The summed E-state index contributed by atoms with van der Waals surface area (Å²) in [5.74, 6) is 1.23. The monoisotopic (exact) mass is 322 g/mol. The van der Waals surface area contributed by atoms with E-state index in [0.717, 1.165) is 18.6 Å². The predicted octanol–water partition coefficient (Wildman–Crippen LogP) is 1.84. The van der Waals surface area contributed by atoms with Crippen molar-refractivity contribution in [2.75, 3.05) is 33.4 Å². The summed E-state index contributed by atoms with van der Waals surface area (Å²) in [7, 11) is 1.61. The Balaban J connectivity index is 2.25. The van der Waals surface area contributed by atoms with Gasteiger partial charge in [-0.3, -0.25) is 9.59 Å². The highest BCUT2D eigenvalue weighted by Crippen LogP contribution is 2.16. The van der Waals surface area contributed by atoms with Crippen molar-refractivity contribution in [2.24, 2.45) is 0 Å². The lowest BCUT2D eigenvalue weighted by Crippen LogP contribution is -2.41. The molecule has 0 atom stereocenters. The van der Waals surface area contributed by atoms with Gasteiger partial charge in [-0.1, -0.05) is 13.3 Å². The van der Waals surface area contributed by atoms with Gasteiger partial charge in [0.15, 0.2) is 0 Å². The smallest absolute Gasteiger partial charge is 0.239 e. The normalized spacial score (nSPS) is 10.0. The maximum Gasteiger partial charge on any atom is 0.239 e. The van der Waals surface area contributed by atoms with Crippen LogP contribution in [-0.2, 0) is 9.59 Å². The van der Waals surface area contributed by atoms with Crippen LogP contribution in [0.25, 0.3) is 0 Å². The fraction of sp³-hybridized carbons (Fsp3) is 0.529. The molecular formula is C17H26N2O4. The number of nitrogens with zero attached hydrogens (tertiary/aromatic N) is 1. The van der Waals surface area contributed by atoms with Gasteiger partial charge in [0, 0.05) is 13.5 Å². The lowest BCUT2D eigenvalue weighted by Gasteiger charge is -2.20. The molecule has 0 saturated carbocycles. The maximum absolute atomic E-state index is 11.8. The number of hydrogen-bond donors (Lipinski definition) is 1. The Morgan fingerprint density at radius 2 is 1.83 bits per heavy atom. The molecule has 1 N–H and O–H groups in total. The first kappa shape index (κ1) is 18.8. The van der Waals surface area contributed by atoms with Crippen LogP contribution >= 0.6 is 0 Å². The van der Waals surface area contributed by atoms with Crippen LogP contribution in [0.1, 0.15) is 26.7 Å². The number of unbranched alkanes of at least 4 members (excludes halogenated alkanes) is 1. The van der Waals surface area contributed by atoms with Gasteiger partial charge in [-0.2, -0.15) is 0 Å². The molecule has 6 heteroatoms. The van der Waals surface area contributed by atoms with E-state index in [1.165, 1.54) is 6.92 Å². The minimum absolute atomic E-state index is 0.0805. The molecule has 0 aliphatic rings. The molecule has 1 aromatic carbocycles. The van der Waals surface area contributed by atoms with E-state index < -0.39 is 0 Å². The van der Waals surface area contributed by atoms with E-state index >= 15 is 0 Å². The van der Waals surface area contributed by atoms with Gasteiger partial charge in [-0.15, -0.1) is 0 Å². The van der Waals surface area contributed by atoms with Gasteiger partial charge < -0.3 is 19.7 Å². The largest absolute Gasteiger partial charge is 0.497 e. The molecular weight excluding hydrogens is 296 g/mol. The van der Waals surface area contributed by atoms with Crippen LogP contribution in [0.5, 0.6) is 11.5 Å². The van der Waals surface area contributed by atoms with E-state index in [9.17, 15) is 9.59 Å². The van der Waals surface area contributed by atoms with Gasteiger partial charge in [0.25, 0.3) is 0 Å². The number of rotatable bonds is 10. The lowest BCUT2D eigenvalue weighted by atomic mass is 10.3. The number of ether oxygens (including phenoxy) is 2. The molecule has 0 saturated heterocycles. The summed E-state index contributed by atoms with van der Waals surface area (Å²) >= 11 is 0. The molecule has 0 aliphatic carbocycles. The molecule has 0 bridgehead atoms. The predicted molar refractivity (Wildman–Crippen MR) is 88.7 cm³/mol. The van der Waals surface area contributed by atoms with Crippen molar-refractivity contribution in [2.45, 2.75) is 26.7 Å². The van der Waals surface area contributed by atoms with Crippen LogP contribution in [0.4, 0.5) is 0 Å². The fourth-order valence-corrected chi connectivity index (χ4v) is 1.96. The summed E-state index contributed by atoms with van der Waals surface area (Å²) in [6.07, 6.45) is 1.88. The van der Waals surface area contributed by atoms with Crippen LogP contribution in [0.2, 0.25) is 0 Å². The number of amides is 2. The third-order valence-electron chi connectivity index (χ3n) is 3.31. The van der Waals surface area contributed by atoms with Crippen molar-refractivity contribution in [3.8, 4) is 11.5 Å². The third-order valence-corrected chi connectivity index (χ3v) is 3.31. The first-order chi connectivity index (χ1) is 11.1. The summed E-state index contributed by atoms with van der Waals surface area (Å²) in [5, 5.41) is 2.75. The highest BCUT2D eigenvalue weighted by atomic mass is 16.5. The van der Waals surface area contributed by atoms with Crippen LogP contribution in [0.3, 0.4) is 0 Å². The Labute approximate surface area is 137 Å². The molecule has 0 unspecified atom stereocenters. The summed E-state index contributed by atoms with van der Waals surface area (Å²) < 4.78 is 10.6. The van der Waals surface area contributed by atoms with Gasteiger partial charge in [0.05, 0.1) is 20.2 Å². The standard InChI is InChI=1S/C17H26N2O4/c1-4-5-11-19(14(2)20)13-17(21)18-10-12-23-16-8-6-15(22-3)7-9-16/h6-9H,4-5,10-13H2,1-3H3,(H,18,21). The summed E-state index contributed by atoms with van der Waals surface area (Å²) in [4.78, 5) is 24.9. The summed E-state index contributed by atoms with van der Waals surface area (Å²) in [6.45, 7) is 5.00. The van der Waals surface area contributed by atoms with E-state index in [1.54, 1.807) is 12.0 Å². The second-order valence-electron chi connectivity index (χ2n) is 5.17. The fourth-order valence-electron chi connectivity index (χ4n) is 1.96. The van der Waals surface area contributed by atoms with Crippen molar-refractivity contribution < 1.29 is 19.1 Å². The number of methoxy groups -OCH3 is 1. The molecule has 0 aliphatic heterocycles. The van der Waals surface area contributed by atoms with Crippen molar-refractivity contribution in [1.29, 1.82) is 0 Å². The molecule has 1 rings (SSSR count). The van der Waals surface area contributed by atoms with Crippen LogP contribution in [0.15, 0.2) is 24.3 Å². The van der Waals surface area contributed by atoms with Gasteiger partial charge in [-0.25, -0.2) is 0 Å². The van der Waals surface area contributed by atoms with Crippen LogP contribution in [0, 0.1) is 0 Å². The van der Waals surface area contributed by atoms with Crippen molar-refractivity contribution in [3.63, 3.8) is 0 Å². The van der Waals surface area contributed by atoms with Crippen LogP contribution in [-0.4, -0.2) is 50.1 Å². The Morgan fingerprint density at radius 3 is 2.39 bits per heavy atom. The van der Waals surface area contributed by atoms with Gasteiger partial charge in [0.2, 0.25) is 11.8 Å². The molecule has 1 aromatic rings. The number of carbonyl (C=O) groups is 2. The minimum atomic E-state index is -0.172. The van der Waals surface area contributed by atoms with Gasteiger partial charge in [-0.05, 0) is 30.7 Å². The SMILES string of the molecule is CCCCN(CC(=O)NCCOc1ccc(OC)cc1)C(C)=O. The molecule has 6 nitrogen and oxygen atoms in total. The lowest BCUT2D eigenvalue weighted by molar-refractivity contribution is -0.134. The molecule has 2 amide bonds. The average molecular weight is 322 g/mol. The average Bonchev–Trinajstić information content (AvgIpc) is 2.55. The molecule has 0 heterocycles. The van der Waals surface area contributed by atoms with E-state index in [0.29, 0.717) is 25.4 Å². The second kappa shape index (κ2) is 10.5. The highest BCUT2D eigenvalue weighted by Gasteiger charge is 2.12. The maximum atomic E-state index is 11.8. The van der Waals surface area contributed by atoms with Crippen molar-refractivity contribution in [1.82, 2.24) is 10.2 Å². The van der Waals surface area contributed by atoms with Crippen molar-refractivity contribution >= 4 is 11.8 Å². The Hall–Kier alpha value is -2.24. The molecule has 0 spiro atoms. The first-order valence-electron chi connectivity index (χ1n) is 7.86. The number of nitrogens with one attached hydrogen (secondary N) is 1. The van der Waals surface area contributed by atoms with Crippen molar-refractivity contribution in [3.05, 3.63) is 24.3 Å². The second-order valence-corrected chi connectivity index (χ2v) is 5.17. The number of hydrogen-bond acceptors (Lipinski definition) is 4. The molecule has 23 heavy (non-hydrogen) atoms. The van der Waals surface area contributed by atoms with E-state index in [-0.39, 0.29) is 18.4 Å². The van der Waals surface area contributed by atoms with Crippen LogP contribution < -0.4 is 14.8 Å². The Kier molecular flexibility index (Phi) is 8.57.